The maximum absolute atomic E-state index is 13.4. The van der Waals surface area contributed by atoms with Crippen molar-refractivity contribution in [1.82, 2.24) is 5.32 Å². The van der Waals surface area contributed by atoms with E-state index in [9.17, 15) is 4.39 Å². The molecule has 0 heterocycles. The number of hydrogen-bond donors (Lipinski definition) is 1. The van der Waals surface area contributed by atoms with Crippen molar-refractivity contribution in [2.75, 3.05) is 0 Å². The van der Waals surface area contributed by atoms with E-state index in [-0.39, 0.29) is 17.9 Å². The predicted octanol–water partition coefficient (Wildman–Crippen LogP) is 5.26. The minimum Gasteiger partial charge on any atom is -0.303 e. The Hall–Kier alpha value is -1.67. The van der Waals surface area contributed by atoms with Crippen LogP contribution in [0.15, 0.2) is 54.6 Å². The second-order valence-electron chi connectivity index (χ2n) is 6.04. The van der Waals surface area contributed by atoms with E-state index >= 15 is 0 Å². The number of benzene rings is 2. The first-order chi connectivity index (χ1) is 10.1. The van der Waals surface area contributed by atoms with E-state index in [1.54, 1.807) is 12.1 Å². The molecule has 0 saturated heterocycles. The Labute approximate surface area is 127 Å². The molecule has 1 nitrogen and oxygen atoms in total. The van der Waals surface area contributed by atoms with Crippen LogP contribution in [-0.2, 0) is 0 Å². The van der Waals surface area contributed by atoms with E-state index in [1.165, 1.54) is 11.6 Å². The maximum atomic E-state index is 13.4. The van der Waals surface area contributed by atoms with Crippen LogP contribution in [0.1, 0.15) is 50.4 Å². The molecule has 2 heteroatoms. The zero-order valence-corrected chi connectivity index (χ0v) is 13.0. The van der Waals surface area contributed by atoms with Crippen LogP contribution in [0.4, 0.5) is 4.39 Å². The average molecular weight is 285 g/mol. The number of nitrogens with one attached hydrogen (secondary N) is 1. The quantitative estimate of drug-likeness (QED) is 0.763. The molecule has 0 amide bonds. The molecule has 2 atom stereocenters. The van der Waals surface area contributed by atoms with Gasteiger partial charge in [-0.25, -0.2) is 4.39 Å². The zero-order chi connectivity index (χ0) is 15.2. The molecule has 0 aliphatic carbocycles. The molecule has 2 aromatic rings. The molecule has 1 unspecified atom stereocenters. The Bertz CT molecular complexity index is 551. The lowest BCUT2D eigenvalue weighted by atomic mass is 9.95. The van der Waals surface area contributed by atoms with Crippen molar-refractivity contribution in [3.63, 3.8) is 0 Å². The highest BCUT2D eigenvalue weighted by Crippen LogP contribution is 2.25. The van der Waals surface area contributed by atoms with Gasteiger partial charge in [0.05, 0.1) is 0 Å². The fraction of sp³-hybridized carbons (Fsp3) is 0.368. The van der Waals surface area contributed by atoms with Gasteiger partial charge in [-0.3, -0.25) is 0 Å². The highest BCUT2D eigenvalue weighted by Gasteiger charge is 2.16. The van der Waals surface area contributed by atoms with Crippen LogP contribution in [0.3, 0.4) is 0 Å². The van der Waals surface area contributed by atoms with E-state index in [1.807, 2.05) is 12.1 Å². The van der Waals surface area contributed by atoms with Crippen LogP contribution >= 0.6 is 0 Å². The van der Waals surface area contributed by atoms with Crippen molar-refractivity contribution in [3.05, 3.63) is 71.5 Å². The molecule has 0 saturated carbocycles. The zero-order valence-electron chi connectivity index (χ0n) is 13.0. The van der Waals surface area contributed by atoms with E-state index in [4.69, 9.17) is 0 Å². The summed E-state index contributed by atoms with van der Waals surface area (Å²) in [5.41, 5.74) is 2.27. The van der Waals surface area contributed by atoms with E-state index in [2.05, 4.69) is 50.4 Å². The van der Waals surface area contributed by atoms with E-state index in [0.29, 0.717) is 5.92 Å². The van der Waals surface area contributed by atoms with Crippen LogP contribution in [0.5, 0.6) is 0 Å². The summed E-state index contributed by atoms with van der Waals surface area (Å²) in [6, 6.07) is 17.7. The molecule has 0 fully saturated rings. The summed E-state index contributed by atoms with van der Waals surface area (Å²) in [5.74, 6) is 0.420. The molecule has 0 radical (unpaired) electrons. The molecule has 21 heavy (non-hydrogen) atoms. The molecular weight excluding hydrogens is 261 g/mol. The smallest absolute Gasteiger partial charge is 0.123 e. The highest BCUT2D eigenvalue weighted by molar-refractivity contribution is 5.22. The first-order valence-electron chi connectivity index (χ1n) is 7.62. The minimum absolute atomic E-state index is 0.115. The summed E-state index contributed by atoms with van der Waals surface area (Å²) in [6.45, 7) is 6.54. The molecule has 0 aromatic heterocycles. The number of hydrogen-bond acceptors (Lipinski definition) is 1. The van der Waals surface area contributed by atoms with Crippen LogP contribution in [0.2, 0.25) is 0 Å². The van der Waals surface area contributed by atoms with Gasteiger partial charge < -0.3 is 5.32 Å². The van der Waals surface area contributed by atoms with Gasteiger partial charge in [-0.05, 0) is 42.5 Å². The lowest BCUT2D eigenvalue weighted by molar-refractivity contribution is 0.393. The Morgan fingerprint density at radius 3 is 2.19 bits per heavy atom. The first kappa shape index (κ1) is 15.7. The van der Waals surface area contributed by atoms with Crippen LogP contribution in [0, 0.1) is 11.7 Å². The second kappa shape index (κ2) is 7.37. The Morgan fingerprint density at radius 1 is 0.905 bits per heavy atom. The third-order valence-corrected chi connectivity index (χ3v) is 3.71. The van der Waals surface area contributed by atoms with Crippen molar-refractivity contribution in [3.8, 4) is 0 Å². The van der Waals surface area contributed by atoms with Crippen molar-refractivity contribution in [1.29, 1.82) is 0 Å². The summed E-state index contributed by atoms with van der Waals surface area (Å²) in [7, 11) is 0. The van der Waals surface area contributed by atoms with E-state index < -0.39 is 0 Å². The highest BCUT2D eigenvalue weighted by atomic mass is 19.1. The molecule has 0 aliphatic heterocycles. The normalized spacial score (nSPS) is 14.1. The Morgan fingerprint density at radius 2 is 1.57 bits per heavy atom. The monoisotopic (exact) mass is 285 g/mol. The largest absolute Gasteiger partial charge is 0.303 e. The Balaban J connectivity index is 2.15. The van der Waals surface area contributed by atoms with E-state index in [0.717, 1.165) is 12.0 Å². The van der Waals surface area contributed by atoms with Gasteiger partial charge in [-0.15, -0.1) is 0 Å². The Kier molecular flexibility index (Phi) is 5.51. The topological polar surface area (TPSA) is 12.0 Å². The van der Waals surface area contributed by atoms with Crippen LogP contribution in [0.25, 0.3) is 0 Å². The molecule has 0 aliphatic rings. The van der Waals surface area contributed by atoms with Gasteiger partial charge in [0.15, 0.2) is 0 Å². The number of halogens is 1. The summed E-state index contributed by atoms with van der Waals surface area (Å²) < 4.78 is 13.4. The lowest BCUT2D eigenvalue weighted by Gasteiger charge is -2.25. The first-order valence-corrected chi connectivity index (χ1v) is 7.62. The molecular formula is C19H24FN. The van der Waals surface area contributed by atoms with Crippen molar-refractivity contribution >= 4 is 0 Å². The lowest BCUT2D eigenvalue weighted by Crippen LogP contribution is -2.26. The van der Waals surface area contributed by atoms with Gasteiger partial charge >= 0.3 is 0 Å². The predicted molar refractivity (Wildman–Crippen MR) is 86.6 cm³/mol. The summed E-state index contributed by atoms with van der Waals surface area (Å²) >= 11 is 0. The fourth-order valence-electron chi connectivity index (χ4n) is 2.63. The standard InChI is InChI=1S/C19H24FN/c1-14(2)12-19(16-8-5-4-6-9-16)21-15(3)17-10-7-11-18(20)13-17/h4-11,13-15,19,21H,12H2,1-3H3/t15-,19?/m0/s1. The minimum atomic E-state index is -0.179. The SMILES string of the molecule is CC(C)CC(N[C@@H](C)c1cccc(F)c1)c1ccccc1. The van der Waals surface area contributed by atoms with Crippen molar-refractivity contribution in [2.45, 2.75) is 39.3 Å². The van der Waals surface area contributed by atoms with Gasteiger partial charge in [-0.2, -0.15) is 0 Å². The summed E-state index contributed by atoms with van der Waals surface area (Å²) in [5, 5.41) is 3.64. The molecule has 0 bridgehead atoms. The van der Waals surface area contributed by atoms with Gasteiger partial charge in [0.25, 0.3) is 0 Å². The second-order valence-corrected chi connectivity index (χ2v) is 6.04. The van der Waals surface area contributed by atoms with Crippen molar-refractivity contribution in [2.24, 2.45) is 5.92 Å². The molecule has 1 N–H and O–H groups in total. The van der Waals surface area contributed by atoms with Crippen molar-refractivity contribution < 1.29 is 4.39 Å². The van der Waals surface area contributed by atoms with Gasteiger partial charge in [0.1, 0.15) is 5.82 Å². The molecule has 2 aromatic carbocycles. The third kappa shape index (κ3) is 4.68. The molecule has 0 spiro atoms. The maximum Gasteiger partial charge on any atom is 0.123 e. The summed E-state index contributed by atoms with van der Waals surface area (Å²) in [6.07, 6.45) is 1.06. The summed E-state index contributed by atoms with van der Waals surface area (Å²) in [4.78, 5) is 0. The van der Waals surface area contributed by atoms with Crippen LogP contribution < -0.4 is 5.32 Å². The van der Waals surface area contributed by atoms with Gasteiger partial charge in [0.2, 0.25) is 0 Å². The van der Waals surface area contributed by atoms with Gasteiger partial charge in [-0.1, -0.05) is 56.3 Å². The molecule has 2 rings (SSSR count). The molecule has 112 valence electrons. The van der Waals surface area contributed by atoms with Gasteiger partial charge in [0, 0.05) is 12.1 Å². The average Bonchev–Trinajstić information content (AvgIpc) is 2.47. The fourth-order valence-corrected chi connectivity index (χ4v) is 2.63. The van der Waals surface area contributed by atoms with Crippen LogP contribution in [-0.4, -0.2) is 0 Å². The number of rotatable bonds is 6. The third-order valence-electron chi connectivity index (χ3n) is 3.71.